The van der Waals surface area contributed by atoms with Crippen LogP contribution in [0.3, 0.4) is 0 Å². The van der Waals surface area contributed by atoms with Crippen molar-refractivity contribution in [2.45, 2.75) is 12.1 Å². The molecule has 8 heteroatoms. The number of methoxy groups -OCH3 is 1. The summed E-state index contributed by atoms with van der Waals surface area (Å²) in [4.78, 5) is 6.70. The summed E-state index contributed by atoms with van der Waals surface area (Å²) in [6.07, 6.45) is 1.28. The molecule has 0 radical (unpaired) electrons. The van der Waals surface area contributed by atoms with Crippen molar-refractivity contribution in [1.29, 1.82) is 0 Å². The van der Waals surface area contributed by atoms with Crippen LogP contribution >= 0.6 is 31.9 Å². The molecule has 0 aliphatic carbocycles. The summed E-state index contributed by atoms with van der Waals surface area (Å²) in [6.45, 7) is 0. The number of fused-ring (bicyclic) bond motifs is 3. The second kappa shape index (κ2) is 8.29. The lowest BCUT2D eigenvalue weighted by Crippen LogP contribution is -2.37. The third-order valence-corrected chi connectivity index (χ3v) is 7.39. The first kappa shape index (κ1) is 21.4. The summed E-state index contributed by atoms with van der Waals surface area (Å²) >= 11 is 7.13. The van der Waals surface area contributed by atoms with Crippen LogP contribution in [0.2, 0.25) is 0 Å². The standard InChI is InChI=1S/C26H20Br2N4O2/c1-31-24-21-19(33-2)4-3-5-20(21)34-25(16-8-12-18(28)13-9-16)22(24)23(32-26(31)29-14-30-32)15-6-10-17(27)11-7-15/h3-14,23,25H,1-2H3/t23-,25-/m0/s1. The number of aromatic nitrogens is 3. The van der Waals surface area contributed by atoms with E-state index in [2.05, 4.69) is 83.2 Å². The van der Waals surface area contributed by atoms with Crippen LogP contribution in [0.1, 0.15) is 28.8 Å². The van der Waals surface area contributed by atoms with E-state index < -0.39 is 0 Å². The second-order valence-electron chi connectivity index (χ2n) is 8.20. The van der Waals surface area contributed by atoms with E-state index in [0.29, 0.717) is 0 Å². The number of anilines is 1. The monoisotopic (exact) mass is 578 g/mol. The zero-order chi connectivity index (χ0) is 23.4. The molecule has 2 aliphatic heterocycles. The molecular weight excluding hydrogens is 560 g/mol. The van der Waals surface area contributed by atoms with E-state index in [1.165, 1.54) is 0 Å². The molecule has 0 N–H and O–H groups in total. The topological polar surface area (TPSA) is 52.4 Å². The highest BCUT2D eigenvalue weighted by molar-refractivity contribution is 9.10. The highest BCUT2D eigenvalue weighted by atomic mass is 79.9. The fraction of sp³-hybridized carbons (Fsp3) is 0.154. The van der Waals surface area contributed by atoms with E-state index in [1.54, 1.807) is 13.4 Å². The normalized spacial score (nSPS) is 18.6. The van der Waals surface area contributed by atoms with Gasteiger partial charge >= 0.3 is 0 Å². The molecule has 4 aromatic rings. The minimum Gasteiger partial charge on any atom is -0.496 e. The average Bonchev–Trinajstić information content (AvgIpc) is 3.35. The number of hydrogen-bond acceptors (Lipinski definition) is 5. The molecule has 2 atom stereocenters. The molecule has 0 amide bonds. The third kappa shape index (κ3) is 3.27. The molecule has 0 spiro atoms. The summed E-state index contributed by atoms with van der Waals surface area (Å²) in [5, 5.41) is 4.64. The lowest BCUT2D eigenvalue weighted by Gasteiger charge is -2.42. The Morgan fingerprint density at radius 2 is 1.59 bits per heavy atom. The van der Waals surface area contributed by atoms with E-state index in [9.17, 15) is 0 Å². The number of rotatable bonds is 3. The number of hydrogen-bond donors (Lipinski definition) is 0. The molecule has 0 bridgehead atoms. The number of benzene rings is 3. The molecule has 0 fully saturated rings. The van der Waals surface area contributed by atoms with Gasteiger partial charge in [0.2, 0.25) is 5.95 Å². The van der Waals surface area contributed by atoms with Crippen LogP contribution in [0.4, 0.5) is 5.95 Å². The van der Waals surface area contributed by atoms with Crippen LogP contribution in [0.5, 0.6) is 11.5 Å². The Balaban J connectivity index is 1.68. The van der Waals surface area contributed by atoms with Gasteiger partial charge in [-0.3, -0.25) is 0 Å². The average molecular weight is 580 g/mol. The Kier molecular flexibility index (Phi) is 5.22. The zero-order valence-corrected chi connectivity index (χ0v) is 21.6. The van der Waals surface area contributed by atoms with E-state index in [0.717, 1.165) is 54.4 Å². The van der Waals surface area contributed by atoms with E-state index in [-0.39, 0.29) is 12.1 Å². The zero-order valence-electron chi connectivity index (χ0n) is 18.4. The van der Waals surface area contributed by atoms with Gasteiger partial charge in [0.1, 0.15) is 30.0 Å². The van der Waals surface area contributed by atoms with Gasteiger partial charge in [-0.15, -0.1) is 0 Å². The van der Waals surface area contributed by atoms with Gasteiger partial charge in [-0.25, -0.2) is 4.68 Å². The summed E-state index contributed by atoms with van der Waals surface area (Å²) < 4.78 is 16.5. The summed E-state index contributed by atoms with van der Waals surface area (Å²) in [6, 6.07) is 22.3. The van der Waals surface area contributed by atoms with Gasteiger partial charge in [-0.1, -0.05) is 62.2 Å². The lowest BCUT2D eigenvalue weighted by atomic mass is 9.84. The van der Waals surface area contributed by atoms with Crippen LogP contribution in [0.15, 0.2) is 87.6 Å². The predicted molar refractivity (Wildman–Crippen MR) is 138 cm³/mol. The van der Waals surface area contributed by atoms with Crippen LogP contribution in [-0.2, 0) is 0 Å². The van der Waals surface area contributed by atoms with Crippen molar-refractivity contribution in [3.05, 3.63) is 104 Å². The van der Waals surface area contributed by atoms with E-state index in [4.69, 9.17) is 9.47 Å². The molecule has 0 saturated carbocycles. The van der Waals surface area contributed by atoms with Crippen LogP contribution in [0.25, 0.3) is 5.70 Å². The molecule has 1 aromatic heterocycles. The van der Waals surface area contributed by atoms with Gasteiger partial charge in [0.05, 0.1) is 18.4 Å². The van der Waals surface area contributed by atoms with E-state index >= 15 is 0 Å². The maximum atomic E-state index is 6.73. The molecular formula is C26H20Br2N4O2. The second-order valence-corrected chi connectivity index (χ2v) is 10.0. The quantitative estimate of drug-likeness (QED) is 0.281. The van der Waals surface area contributed by atoms with Crippen molar-refractivity contribution < 1.29 is 9.47 Å². The highest BCUT2D eigenvalue weighted by Crippen LogP contribution is 2.54. The third-order valence-electron chi connectivity index (χ3n) is 6.33. The first-order chi connectivity index (χ1) is 16.6. The van der Waals surface area contributed by atoms with Gasteiger partial charge < -0.3 is 14.4 Å². The maximum Gasteiger partial charge on any atom is 0.229 e. The van der Waals surface area contributed by atoms with Crippen molar-refractivity contribution in [1.82, 2.24) is 14.8 Å². The molecule has 3 aromatic carbocycles. The highest BCUT2D eigenvalue weighted by Gasteiger charge is 2.44. The molecule has 6 nitrogen and oxygen atoms in total. The molecule has 3 heterocycles. The van der Waals surface area contributed by atoms with Crippen molar-refractivity contribution in [2.24, 2.45) is 0 Å². The maximum absolute atomic E-state index is 6.73. The Hall–Kier alpha value is -3.10. The summed E-state index contributed by atoms with van der Waals surface area (Å²) in [5.41, 5.74) is 5.19. The van der Waals surface area contributed by atoms with Gasteiger partial charge in [0.25, 0.3) is 0 Å². The lowest BCUT2D eigenvalue weighted by molar-refractivity contribution is 0.220. The fourth-order valence-corrected chi connectivity index (χ4v) is 5.38. The predicted octanol–water partition coefficient (Wildman–Crippen LogP) is 6.40. The molecule has 6 rings (SSSR count). The van der Waals surface area contributed by atoms with Crippen LogP contribution in [-0.4, -0.2) is 28.9 Å². The molecule has 34 heavy (non-hydrogen) atoms. The first-order valence-electron chi connectivity index (χ1n) is 10.8. The molecule has 0 unspecified atom stereocenters. The van der Waals surface area contributed by atoms with Crippen LogP contribution < -0.4 is 14.4 Å². The first-order valence-corrected chi connectivity index (χ1v) is 12.4. The van der Waals surface area contributed by atoms with Crippen molar-refractivity contribution in [3.63, 3.8) is 0 Å². The summed E-state index contributed by atoms with van der Waals surface area (Å²) in [5.74, 6) is 2.30. The SMILES string of the molecule is COc1cccc2c1C1=C([C@H](c3ccc(Br)cc3)O2)[C@H](c2ccc(Br)cc2)n2ncnc2N1C. The van der Waals surface area contributed by atoms with Crippen molar-refractivity contribution >= 4 is 43.5 Å². The molecule has 0 saturated heterocycles. The van der Waals surface area contributed by atoms with E-state index in [1.807, 2.05) is 42.1 Å². The Morgan fingerprint density at radius 3 is 2.26 bits per heavy atom. The van der Waals surface area contributed by atoms with Gasteiger partial charge in [0.15, 0.2) is 0 Å². The number of nitrogens with zero attached hydrogens (tertiary/aromatic N) is 4. The summed E-state index contributed by atoms with van der Waals surface area (Å²) in [7, 11) is 3.71. The largest absolute Gasteiger partial charge is 0.496 e. The van der Waals surface area contributed by atoms with Crippen molar-refractivity contribution in [3.8, 4) is 11.5 Å². The minimum absolute atomic E-state index is 0.205. The minimum atomic E-state index is -0.323. The molecule has 2 aliphatic rings. The van der Waals surface area contributed by atoms with Crippen LogP contribution in [0, 0.1) is 0 Å². The smallest absolute Gasteiger partial charge is 0.229 e. The van der Waals surface area contributed by atoms with Gasteiger partial charge in [-0.05, 0) is 47.5 Å². The Bertz CT molecular complexity index is 1410. The fourth-order valence-electron chi connectivity index (χ4n) is 4.85. The Labute approximate surface area is 214 Å². The number of halogens is 2. The van der Waals surface area contributed by atoms with Gasteiger partial charge in [-0.2, -0.15) is 10.1 Å². The Morgan fingerprint density at radius 1 is 0.912 bits per heavy atom. The van der Waals surface area contributed by atoms with Crippen molar-refractivity contribution in [2.75, 3.05) is 19.1 Å². The molecule has 170 valence electrons. The van der Waals surface area contributed by atoms with Gasteiger partial charge in [0, 0.05) is 21.6 Å². The number of ether oxygens (including phenoxy) is 2.